The summed E-state index contributed by atoms with van der Waals surface area (Å²) in [6, 6.07) is 13.7. The third-order valence-electron chi connectivity index (χ3n) is 6.41. The zero-order chi connectivity index (χ0) is 26.9. The zero-order valence-corrected chi connectivity index (χ0v) is 23.5. The summed E-state index contributed by atoms with van der Waals surface area (Å²) in [5, 5.41) is 4.10. The first kappa shape index (κ1) is 26.5. The van der Waals surface area contributed by atoms with E-state index in [-0.39, 0.29) is 11.5 Å². The Hall–Kier alpha value is -3.12. The molecule has 0 atom stereocenters. The topological polar surface area (TPSA) is 106 Å². The molecule has 198 valence electrons. The summed E-state index contributed by atoms with van der Waals surface area (Å²) in [7, 11) is -3.59. The molecule has 5 rings (SSSR count). The number of thiazole rings is 1. The normalized spacial score (nSPS) is 14.5. The average Bonchev–Trinajstić information content (AvgIpc) is 3.49. The van der Waals surface area contributed by atoms with Gasteiger partial charge in [-0.25, -0.2) is 18.2 Å². The molecule has 1 amide bonds. The third kappa shape index (κ3) is 5.11. The van der Waals surface area contributed by atoms with Crippen molar-refractivity contribution in [2.45, 2.75) is 38.0 Å². The number of carbonyl (C=O) groups is 2. The van der Waals surface area contributed by atoms with Gasteiger partial charge in [0.1, 0.15) is 14.9 Å². The standard InChI is InChI=1S/C27H27N3O5S3/c1-3-35-27(32)23-17(2)22(25-28-20-9-5-6-10-21(20)36-25)26(37-23)29-24(31)18-11-13-19(14-12-18)38(33,34)30-15-7-4-8-16-30/h5-6,9-14H,3-4,7-8,15-16H2,1-2H3,(H,29,31). The van der Waals surface area contributed by atoms with Crippen LogP contribution in [0.5, 0.6) is 0 Å². The van der Waals surface area contributed by atoms with Crippen molar-refractivity contribution in [2.24, 2.45) is 0 Å². The van der Waals surface area contributed by atoms with Gasteiger partial charge in [-0.05, 0) is 68.7 Å². The maximum Gasteiger partial charge on any atom is 0.348 e. The van der Waals surface area contributed by atoms with Gasteiger partial charge in [-0.3, -0.25) is 4.79 Å². The van der Waals surface area contributed by atoms with Crippen molar-refractivity contribution < 1.29 is 22.7 Å². The number of piperidine rings is 1. The predicted molar refractivity (Wildman–Crippen MR) is 151 cm³/mol. The number of fused-ring (bicyclic) bond motifs is 1. The van der Waals surface area contributed by atoms with Gasteiger partial charge >= 0.3 is 5.97 Å². The van der Waals surface area contributed by atoms with Crippen LogP contribution in [0.1, 0.15) is 51.8 Å². The Morgan fingerprint density at radius 1 is 1.03 bits per heavy atom. The molecule has 0 saturated carbocycles. The monoisotopic (exact) mass is 569 g/mol. The Bertz CT molecular complexity index is 1570. The number of rotatable bonds is 7. The molecule has 1 fully saturated rings. The number of hydrogen-bond donors (Lipinski definition) is 1. The van der Waals surface area contributed by atoms with Crippen molar-refractivity contribution in [3.05, 3.63) is 64.5 Å². The minimum atomic E-state index is -3.59. The van der Waals surface area contributed by atoms with E-state index >= 15 is 0 Å². The number of thiophene rings is 1. The molecular formula is C27H27N3O5S3. The van der Waals surface area contributed by atoms with Crippen LogP contribution in [0, 0.1) is 6.92 Å². The molecule has 0 spiro atoms. The number of para-hydroxylation sites is 1. The highest BCUT2D eigenvalue weighted by Gasteiger charge is 2.27. The number of sulfonamides is 1. The van der Waals surface area contributed by atoms with Crippen molar-refractivity contribution in [2.75, 3.05) is 25.0 Å². The van der Waals surface area contributed by atoms with Crippen molar-refractivity contribution in [3.63, 3.8) is 0 Å². The molecule has 1 aliphatic rings. The van der Waals surface area contributed by atoms with E-state index in [1.165, 1.54) is 39.9 Å². The van der Waals surface area contributed by atoms with Gasteiger partial charge in [0.2, 0.25) is 10.0 Å². The molecule has 3 heterocycles. The molecule has 1 aliphatic heterocycles. The fourth-order valence-electron chi connectivity index (χ4n) is 4.44. The van der Waals surface area contributed by atoms with E-state index in [0.717, 1.165) is 40.8 Å². The van der Waals surface area contributed by atoms with Crippen LogP contribution in [0.4, 0.5) is 5.00 Å². The molecule has 1 N–H and O–H groups in total. The summed E-state index contributed by atoms with van der Waals surface area (Å²) < 4.78 is 33.7. The summed E-state index contributed by atoms with van der Waals surface area (Å²) in [6.45, 7) is 4.83. The van der Waals surface area contributed by atoms with E-state index in [1.807, 2.05) is 31.2 Å². The number of ether oxygens (including phenoxy) is 1. The summed E-state index contributed by atoms with van der Waals surface area (Å²) >= 11 is 2.62. The number of amides is 1. The third-order valence-corrected chi connectivity index (χ3v) is 10.6. The van der Waals surface area contributed by atoms with E-state index in [2.05, 4.69) is 5.32 Å². The molecule has 11 heteroatoms. The quantitative estimate of drug-likeness (QED) is 0.276. The smallest absolute Gasteiger partial charge is 0.348 e. The molecule has 2 aromatic carbocycles. The molecule has 8 nitrogen and oxygen atoms in total. The fourth-order valence-corrected chi connectivity index (χ4v) is 8.19. The Morgan fingerprint density at radius 2 is 1.74 bits per heavy atom. The van der Waals surface area contributed by atoms with Gasteiger partial charge in [-0.1, -0.05) is 18.6 Å². The number of nitrogens with one attached hydrogen (secondary N) is 1. The van der Waals surface area contributed by atoms with Crippen LogP contribution in [0.3, 0.4) is 0 Å². The lowest BCUT2D eigenvalue weighted by molar-refractivity contribution is 0.0531. The van der Waals surface area contributed by atoms with Gasteiger partial charge < -0.3 is 10.1 Å². The van der Waals surface area contributed by atoms with Gasteiger partial charge in [0.05, 0.1) is 21.7 Å². The van der Waals surface area contributed by atoms with Gasteiger partial charge in [-0.15, -0.1) is 22.7 Å². The highest BCUT2D eigenvalue weighted by Crippen LogP contribution is 2.43. The van der Waals surface area contributed by atoms with Crippen LogP contribution >= 0.6 is 22.7 Å². The Kier molecular flexibility index (Phi) is 7.62. The van der Waals surface area contributed by atoms with Gasteiger partial charge in [0.25, 0.3) is 5.91 Å². The molecule has 38 heavy (non-hydrogen) atoms. The lowest BCUT2D eigenvalue weighted by atomic mass is 10.1. The number of esters is 1. The van der Waals surface area contributed by atoms with Crippen LogP contribution in [-0.4, -0.2) is 49.3 Å². The first-order valence-corrected chi connectivity index (χ1v) is 15.4. The minimum absolute atomic E-state index is 0.169. The molecular weight excluding hydrogens is 543 g/mol. The van der Waals surface area contributed by atoms with Gasteiger partial charge in [-0.2, -0.15) is 4.31 Å². The fraction of sp³-hybridized carbons (Fsp3) is 0.296. The molecule has 0 unspecified atom stereocenters. The lowest BCUT2D eigenvalue weighted by Crippen LogP contribution is -2.35. The molecule has 4 aromatic rings. The van der Waals surface area contributed by atoms with Crippen LogP contribution in [-0.2, 0) is 14.8 Å². The van der Waals surface area contributed by atoms with Crippen molar-refractivity contribution in [1.82, 2.24) is 9.29 Å². The number of nitrogens with zero attached hydrogens (tertiary/aromatic N) is 2. The SMILES string of the molecule is CCOC(=O)c1sc(NC(=O)c2ccc(S(=O)(=O)N3CCCCC3)cc2)c(-c2nc3ccccc3s2)c1C. The predicted octanol–water partition coefficient (Wildman–Crippen LogP) is 5.94. The Labute approximate surface area is 229 Å². The van der Waals surface area contributed by atoms with Crippen LogP contribution < -0.4 is 5.32 Å². The van der Waals surface area contributed by atoms with Gasteiger partial charge in [0, 0.05) is 24.2 Å². The molecule has 0 aliphatic carbocycles. The van der Waals surface area contributed by atoms with E-state index in [9.17, 15) is 18.0 Å². The van der Waals surface area contributed by atoms with Crippen molar-refractivity contribution in [3.8, 4) is 10.6 Å². The van der Waals surface area contributed by atoms with E-state index in [1.54, 1.807) is 6.92 Å². The summed E-state index contributed by atoms with van der Waals surface area (Å²) in [6.07, 6.45) is 2.74. The molecule has 0 bridgehead atoms. The highest BCUT2D eigenvalue weighted by atomic mass is 32.2. The maximum absolute atomic E-state index is 13.3. The number of aromatic nitrogens is 1. The second kappa shape index (κ2) is 10.9. The van der Waals surface area contributed by atoms with Crippen molar-refractivity contribution >= 4 is 59.8 Å². The van der Waals surface area contributed by atoms with Crippen LogP contribution in [0.2, 0.25) is 0 Å². The maximum atomic E-state index is 13.3. The first-order chi connectivity index (χ1) is 18.3. The van der Waals surface area contributed by atoms with E-state index in [4.69, 9.17) is 9.72 Å². The Morgan fingerprint density at radius 3 is 2.42 bits per heavy atom. The summed E-state index contributed by atoms with van der Waals surface area (Å²) in [5.74, 6) is -0.865. The lowest BCUT2D eigenvalue weighted by Gasteiger charge is -2.25. The van der Waals surface area contributed by atoms with Crippen molar-refractivity contribution in [1.29, 1.82) is 0 Å². The Balaban J connectivity index is 1.45. The highest BCUT2D eigenvalue weighted by molar-refractivity contribution is 7.89. The second-order valence-corrected chi connectivity index (χ2v) is 12.9. The van der Waals surface area contributed by atoms with Gasteiger partial charge in [0.15, 0.2) is 0 Å². The number of benzene rings is 2. The van der Waals surface area contributed by atoms with Crippen LogP contribution in [0.25, 0.3) is 20.8 Å². The number of carbonyl (C=O) groups excluding carboxylic acids is 2. The van der Waals surface area contributed by atoms with E-state index in [0.29, 0.717) is 44.7 Å². The largest absolute Gasteiger partial charge is 0.462 e. The van der Waals surface area contributed by atoms with Crippen LogP contribution in [0.15, 0.2) is 53.4 Å². The number of anilines is 1. The number of hydrogen-bond acceptors (Lipinski definition) is 8. The summed E-state index contributed by atoms with van der Waals surface area (Å²) in [5.41, 5.74) is 2.50. The molecule has 2 aromatic heterocycles. The summed E-state index contributed by atoms with van der Waals surface area (Å²) in [4.78, 5) is 31.2. The zero-order valence-electron chi connectivity index (χ0n) is 21.0. The molecule has 1 saturated heterocycles. The molecule has 0 radical (unpaired) electrons. The minimum Gasteiger partial charge on any atom is -0.462 e. The first-order valence-electron chi connectivity index (χ1n) is 12.4. The van der Waals surface area contributed by atoms with E-state index < -0.39 is 21.9 Å². The average molecular weight is 570 g/mol. The second-order valence-electron chi connectivity index (χ2n) is 8.91.